The van der Waals surface area contributed by atoms with Crippen molar-refractivity contribution in [3.05, 3.63) is 42.7 Å². The van der Waals surface area contributed by atoms with E-state index in [0.717, 1.165) is 0 Å². The number of carbonyl (C=O) groups is 1. The van der Waals surface area contributed by atoms with Gasteiger partial charge < -0.3 is 0 Å². The Balaban J connectivity index is 2.19. The summed E-state index contributed by atoms with van der Waals surface area (Å²) in [7, 11) is 0. The molecule has 0 atom stereocenters. The second-order valence-electron chi connectivity index (χ2n) is 3.27. The number of imidazole rings is 1. The lowest BCUT2D eigenvalue weighted by molar-refractivity contribution is 0.0961. The van der Waals surface area contributed by atoms with Crippen molar-refractivity contribution in [3.63, 3.8) is 0 Å². The first kappa shape index (κ1) is 8.78. The Morgan fingerprint density at radius 3 is 3.12 bits per heavy atom. The zero-order chi connectivity index (χ0) is 11.0. The van der Waals surface area contributed by atoms with Crippen molar-refractivity contribution in [2.45, 2.75) is 0 Å². The van der Waals surface area contributed by atoms with Crippen molar-refractivity contribution < 1.29 is 4.79 Å². The number of aromatic amines is 1. The van der Waals surface area contributed by atoms with Gasteiger partial charge in [-0.05, 0) is 6.07 Å². The number of fused-ring (bicyclic) bond motifs is 1. The van der Waals surface area contributed by atoms with E-state index in [1.165, 1.54) is 10.9 Å². The molecule has 0 aromatic carbocycles. The van der Waals surface area contributed by atoms with Gasteiger partial charge in [0.2, 0.25) is 0 Å². The van der Waals surface area contributed by atoms with Crippen LogP contribution in [0.1, 0.15) is 10.4 Å². The van der Waals surface area contributed by atoms with Crippen LogP contribution in [-0.2, 0) is 0 Å². The van der Waals surface area contributed by atoms with Gasteiger partial charge in [0.15, 0.2) is 5.65 Å². The van der Waals surface area contributed by atoms with Gasteiger partial charge in [-0.2, -0.15) is 5.10 Å². The van der Waals surface area contributed by atoms with Crippen LogP contribution in [-0.4, -0.2) is 30.6 Å². The molecule has 0 aliphatic rings. The highest BCUT2D eigenvalue weighted by Crippen LogP contribution is 2.14. The fourth-order valence-corrected chi connectivity index (χ4v) is 1.56. The van der Waals surface area contributed by atoms with E-state index in [9.17, 15) is 4.79 Å². The predicted molar refractivity (Wildman–Crippen MR) is 55.8 cm³/mol. The van der Waals surface area contributed by atoms with Crippen molar-refractivity contribution >= 4 is 16.9 Å². The molecule has 0 amide bonds. The highest BCUT2D eigenvalue weighted by molar-refractivity contribution is 6.06. The van der Waals surface area contributed by atoms with Crippen LogP contribution in [0.25, 0.3) is 11.0 Å². The van der Waals surface area contributed by atoms with Gasteiger partial charge >= 0.3 is 0 Å². The van der Waals surface area contributed by atoms with Crippen LogP contribution < -0.4 is 0 Å². The summed E-state index contributed by atoms with van der Waals surface area (Å²) in [6, 6.07) is 1.67. The Kier molecular flexibility index (Phi) is 1.79. The number of carbonyl (C=O) groups excluding carboxylic acids is 1. The predicted octanol–water partition coefficient (Wildman–Crippen LogP) is 0.843. The average Bonchev–Trinajstić information content (AvgIpc) is 2.98. The summed E-state index contributed by atoms with van der Waals surface area (Å²) < 4.78 is 1.42. The van der Waals surface area contributed by atoms with E-state index in [1.807, 2.05) is 0 Å². The van der Waals surface area contributed by atoms with Gasteiger partial charge in [0.05, 0.1) is 17.1 Å². The van der Waals surface area contributed by atoms with E-state index in [-0.39, 0.29) is 5.91 Å². The molecule has 0 unspecified atom stereocenters. The Bertz CT molecular complexity index is 640. The molecule has 16 heavy (non-hydrogen) atoms. The Hall–Kier alpha value is -2.50. The minimum absolute atomic E-state index is 0.147. The van der Waals surface area contributed by atoms with Crippen molar-refractivity contribution in [2.24, 2.45) is 0 Å². The number of nitrogens with zero attached hydrogens (tertiary/aromatic N) is 4. The molecule has 6 nitrogen and oxygen atoms in total. The van der Waals surface area contributed by atoms with Crippen LogP contribution in [0.4, 0.5) is 0 Å². The zero-order valence-corrected chi connectivity index (χ0v) is 8.16. The van der Waals surface area contributed by atoms with Crippen molar-refractivity contribution in [1.29, 1.82) is 0 Å². The van der Waals surface area contributed by atoms with Gasteiger partial charge in [0.1, 0.15) is 6.33 Å². The SMILES string of the molecule is O=C(c1ccnc2[nH]ncc12)n1ccnc1. The summed E-state index contributed by atoms with van der Waals surface area (Å²) in [5, 5.41) is 7.29. The van der Waals surface area contributed by atoms with Crippen molar-refractivity contribution in [2.75, 3.05) is 0 Å². The molecule has 0 radical (unpaired) electrons. The molecule has 0 spiro atoms. The quantitative estimate of drug-likeness (QED) is 0.649. The monoisotopic (exact) mass is 213 g/mol. The van der Waals surface area contributed by atoms with E-state index in [0.29, 0.717) is 16.6 Å². The molecular weight excluding hydrogens is 206 g/mol. The first-order chi connectivity index (χ1) is 7.86. The van der Waals surface area contributed by atoms with Crippen molar-refractivity contribution in [3.8, 4) is 0 Å². The standard InChI is InChI=1S/C10H7N5O/c16-10(15-4-3-11-6-15)7-1-2-12-9-8(7)5-13-14-9/h1-6H,(H,12,13,14). The molecule has 0 bridgehead atoms. The fourth-order valence-electron chi connectivity index (χ4n) is 1.56. The molecule has 0 aliphatic carbocycles. The zero-order valence-electron chi connectivity index (χ0n) is 8.16. The van der Waals surface area contributed by atoms with E-state index in [2.05, 4.69) is 20.2 Å². The highest BCUT2D eigenvalue weighted by atomic mass is 16.2. The van der Waals surface area contributed by atoms with Gasteiger partial charge in [0, 0.05) is 18.6 Å². The topological polar surface area (TPSA) is 76.5 Å². The molecule has 0 fully saturated rings. The van der Waals surface area contributed by atoms with Crippen LogP contribution in [0.5, 0.6) is 0 Å². The van der Waals surface area contributed by atoms with E-state index in [1.54, 1.807) is 30.9 Å². The molecule has 6 heteroatoms. The molecule has 3 rings (SSSR count). The first-order valence-corrected chi connectivity index (χ1v) is 4.67. The Labute approximate surface area is 90.0 Å². The molecule has 1 N–H and O–H groups in total. The molecular formula is C10H7N5O. The maximum Gasteiger partial charge on any atom is 0.263 e. The molecule has 3 heterocycles. The number of hydrogen-bond acceptors (Lipinski definition) is 4. The van der Waals surface area contributed by atoms with Crippen LogP contribution in [0.2, 0.25) is 0 Å². The fraction of sp³-hybridized carbons (Fsp3) is 0. The summed E-state index contributed by atoms with van der Waals surface area (Å²) in [5.74, 6) is -0.147. The number of H-pyrrole nitrogens is 1. The van der Waals surface area contributed by atoms with Gasteiger partial charge in [0.25, 0.3) is 5.91 Å². The third-order valence-electron chi connectivity index (χ3n) is 2.32. The number of rotatable bonds is 1. The van der Waals surface area contributed by atoms with Crippen LogP contribution in [0, 0.1) is 0 Å². The number of hydrogen-bond donors (Lipinski definition) is 1. The molecule has 0 saturated carbocycles. The normalized spacial score (nSPS) is 10.8. The lowest BCUT2D eigenvalue weighted by atomic mass is 10.2. The second kappa shape index (κ2) is 3.27. The minimum Gasteiger partial charge on any atom is -0.272 e. The third-order valence-corrected chi connectivity index (χ3v) is 2.32. The second-order valence-corrected chi connectivity index (χ2v) is 3.27. The molecule has 0 saturated heterocycles. The number of nitrogens with one attached hydrogen (secondary N) is 1. The van der Waals surface area contributed by atoms with Crippen LogP contribution >= 0.6 is 0 Å². The maximum atomic E-state index is 12.1. The lowest BCUT2D eigenvalue weighted by Gasteiger charge is -2.01. The third kappa shape index (κ3) is 1.20. The van der Waals surface area contributed by atoms with E-state index < -0.39 is 0 Å². The highest BCUT2D eigenvalue weighted by Gasteiger charge is 2.12. The summed E-state index contributed by atoms with van der Waals surface area (Å²) in [6.07, 6.45) is 7.80. The molecule has 3 aromatic rings. The maximum absolute atomic E-state index is 12.1. The van der Waals surface area contributed by atoms with E-state index >= 15 is 0 Å². The van der Waals surface area contributed by atoms with Crippen molar-refractivity contribution in [1.82, 2.24) is 24.7 Å². The number of pyridine rings is 1. The van der Waals surface area contributed by atoms with Crippen LogP contribution in [0.15, 0.2) is 37.2 Å². The van der Waals surface area contributed by atoms with Gasteiger partial charge in [-0.3, -0.25) is 14.5 Å². The van der Waals surface area contributed by atoms with Crippen LogP contribution in [0.3, 0.4) is 0 Å². The summed E-state index contributed by atoms with van der Waals surface area (Å²) >= 11 is 0. The van der Waals surface area contributed by atoms with E-state index in [4.69, 9.17) is 0 Å². The first-order valence-electron chi connectivity index (χ1n) is 4.67. The Morgan fingerprint density at radius 2 is 2.31 bits per heavy atom. The molecule has 78 valence electrons. The summed E-state index contributed by atoms with van der Waals surface area (Å²) in [6.45, 7) is 0. The average molecular weight is 213 g/mol. The summed E-state index contributed by atoms with van der Waals surface area (Å²) in [5.41, 5.74) is 1.16. The lowest BCUT2D eigenvalue weighted by Crippen LogP contribution is -2.10. The largest absolute Gasteiger partial charge is 0.272 e. The molecule has 3 aromatic heterocycles. The summed E-state index contributed by atoms with van der Waals surface area (Å²) in [4.78, 5) is 20.0. The van der Waals surface area contributed by atoms with Gasteiger partial charge in [-0.1, -0.05) is 0 Å². The molecule has 0 aliphatic heterocycles. The Morgan fingerprint density at radius 1 is 1.38 bits per heavy atom. The van der Waals surface area contributed by atoms with Gasteiger partial charge in [-0.25, -0.2) is 9.97 Å². The number of aromatic nitrogens is 5. The minimum atomic E-state index is -0.147. The smallest absolute Gasteiger partial charge is 0.263 e. The van der Waals surface area contributed by atoms with Gasteiger partial charge in [-0.15, -0.1) is 0 Å².